The van der Waals surface area contributed by atoms with Crippen LogP contribution in [0.5, 0.6) is 0 Å². The molecule has 0 unspecified atom stereocenters. The summed E-state index contributed by atoms with van der Waals surface area (Å²) in [5, 5.41) is 12.7. The van der Waals surface area contributed by atoms with Gasteiger partial charge in [0.1, 0.15) is 5.82 Å². The number of nitrogens with zero attached hydrogens (tertiary/aromatic N) is 2. The van der Waals surface area contributed by atoms with Crippen molar-refractivity contribution in [2.45, 2.75) is 6.54 Å². The maximum Gasteiger partial charge on any atom is 0.320 e. The van der Waals surface area contributed by atoms with Crippen LogP contribution < -0.4 is 10.6 Å². The van der Waals surface area contributed by atoms with Gasteiger partial charge in [0, 0.05) is 25.8 Å². The summed E-state index contributed by atoms with van der Waals surface area (Å²) in [5.74, 6) is -3.16. The molecule has 6 nitrogen and oxygen atoms in total. The Labute approximate surface area is 118 Å². The van der Waals surface area contributed by atoms with Gasteiger partial charge >= 0.3 is 6.01 Å². The van der Waals surface area contributed by atoms with Crippen molar-refractivity contribution in [3.63, 3.8) is 0 Å². The molecule has 0 amide bonds. The molecule has 1 aromatic carbocycles. The highest BCUT2D eigenvalue weighted by molar-refractivity contribution is 5.52. The molecule has 0 atom stereocenters. The minimum atomic E-state index is -1.27. The van der Waals surface area contributed by atoms with Gasteiger partial charge < -0.3 is 19.8 Å². The van der Waals surface area contributed by atoms with Gasteiger partial charge in [-0.2, -0.15) is 0 Å². The Bertz CT molecular complexity index is 606. The summed E-state index contributed by atoms with van der Waals surface area (Å²) in [6.45, 7) is 1.43. The first-order chi connectivity index (χ1) is 10.1. The zero-order chi connectivity index (χ0) is 15.2. The van der Waals surface area contributed by atoms with E-state index in [1.165, 1.54) is 0 Å². The minimum absolute atomic E-state index is 0.122. The first-order valence-electron chi connectivity index (χ1n) is 6.03. The SMILES string of the molecule is COCCNCc1nnc(Nc2cc(F)c(F)cc2F)o1. The van der Waals surface area contributed by atoms with E-state index in [9.17, 15) is 13.2 Å². The molecule has 0 fully saturated rings. The second-order valence-electron chi connectivity index (χ2n) is 4.04. The minimum Gasteiger partial charge on any atom is -0.406 e. The van der Waals surface area contributed by atoms with Gasteiger partial charge in [-0.1, -0.05) is 5.10 Å². The third-order valence-electron chi connectivity index (χ3n) is 2.48. The van der Waals surface area contributed by atoms with Crippen LogP contribution in [0.4, 0.5) is 24.9 Å². The van der Waals surface area contributed by atoms with Crippen molar-refractivity contribution < 1.29 is 22.3 Å². The van der Waals surface area contributed by atoms with Crippen molar-refractivity contribution in [2.24, 2.45) is 0 Å². The largest absolute Gasteiger partial charge is 0.406 e. The van der Waals surface area contributed by atoms with Crippen LogP contribution in [0.1, 0.15) is 5.89 Å². The Morgan fingerprint density at radius 2 is 1.90 bits per heavy atom. The molecule has 0 spiro atoms. The van der Waals surface area contributed by atoms with Gasteiger partial charge in [0.15, 0.2) is 11.6 Å². The highest BCUT2D eigenvalue weighted by Crippen LogP contribution is 2.22. The third-order valence-corrected chi connectivity index (χ3v) is 2.48. The van der Waals surface area contributed by atoms with E-state index >= 15 is 0 Å². The van der Waals surface area contributed by atoms with Crippen LogP contribution in [0, 0.1) is 17.5 Å². The lowest BCUT2D eigenvalue weighted by atomic mass is 10.3. The molecule has 21 heavy (non-hydrogen) atoms. The maximum atomic E-state index is 13.4. The molecule has 0 aliphatic heterocycles. The van der Waals surface area contributed by atoms with Gasteiger partial charge in [-0.3, -0.25) is 0 Å². The predicted octanol–water partition coefficient (Wildman–Crippen LogP) is 1.97. The van der Waals surface area contributed by atoms with Crippen molar-refractivity contribution in [1.29, 1.82) is 0 Å². The molecule has 0 aliphatic rings. The number of methoxy groups -OCH3 is 1. The normalized spacial score (nSPS) is 10.9. The second kappa shape index (κ2) is 7.04. The summed E-state index contributed by atoms with van der Waals surface area (Å²) < 4.78 is 49.3. The van der Waals surface area contributed by atoms with Crippen LogP contribution in [-0.2, 0) is 11.3 Å². The number of hydrogen-bond donors (Lipinski definition) is 2. The van der Waals surface area contributed by atoms with Crippen LogP contribution >= 0.6 is 0 Å². The summed E-state index contributed by atoms with van der Waals surface area (Å²) in [7, 11) is 1.58. The van der Waals surface area contributed by atoms with Gasteiger partial charge in [0.05, 0.1) is 18.8 Å². The number of nitrogens with one attached hydrogen (secondary N) is 2. The average Bonchev–Trinajstić information content (AvgIpc) is 2.89. The topological polar surface area (TPSA) is 72.2 Å². The van der Waals surface area contributed by atoms with Crippen LogP contribution in [0.2, 0.25) is 0 Å². The van der Waals surface area contributed by atoms with E-state index in [2.05, 4.69) is 20.8 Å². The van der Waals surface area contributed by atoms with Crippen molar-refractivity contribution in [1.82, 2.24) is 15.5 Å². The lowest BCUT2D eigenvalue weighted by Gasteiger charge is -2.03. The zero-order valence-corrected chi connectivity index (χ0v) is 11.1. The maximum absolute atomic E-state index is 13.4. The van der Waals surface area contributed by atoms with E-state index in [1.54, 1.807) is 7.11 Å². The van der Waals surface area contributed by atoms with Crippen LogP contribution in [-0.4, -0.2) is 30.5 Å². The first-order valence-corrected chi connectivity index (χ1v) is 6.03. The summed E-state index contributed by atoms with van der Waals surface area (Å²) in [4.78, 5) is 0. The third kappa shape index (κ3) is 4.17. The smallest absolute Gasteiger partial charge is 0.320 e. The fraction of sp³-hybridized carbons (Fsp3) is 0.333. The molecular weight excluding hydrogens is 289 g/mol. The van der Waals surface area contributed by atoms with Crippen molar-refractivity contribution >= 4 is 11.7 Å². The number of anilines is 2. The molecule has 0 bridgehead atoms. The van der Waals surface area contributed by atoms with Crippen molar-refractivity contribution in [2.75, 3.05) is 25.6 Å². The molecule has 2 aromatic rings. The molecule has 0 radical (unpaired) electrons. The van der Waals surface area contributed by atoms with E-state index in [0.717, 1.165) is 0 Å². The lowest BCUT2D eigenvalue weighted by molar-refractivity contribution is 0.198. The summed E-state index contributed by atoms with van der Waals surface area (Å²) in [6.07, 6.45) is 0. The van der Waals surface area contributed by atoms with Gasteiger partial charge in [-0.05, 0) is 0 Å². The summed E-state index contributed by atoms with van der Waals surface area (Å²) in [6, 6.07) is 0.982. The number of ether oxygens (including phenoxy) is 1. The van der Waals surface area contributed by atoms with Crippen molar-refractivity contribution in [3.05, 3.63) is 35.5 Å². The highest BCUT2D eigenvalue weighted by atomic mass is 19.2. The van der Waals surface area contributed by atoms with Gasteiger partial charge in [0.25, 0.3) is 0 Å². The van der Waals surface area contributed by atoms with Gasteiger partial charge in [-0.15, -0.1) is 5.10 Å². The van der Waals surface area contributed by atoms with E-state index in [1.807, 2.05) is 0 Å². The second-order valence-corrected chi connectivity index (χ2v) is 4.04. The number of benzene rings is 1. The van der Waals surface area contributed by atoms with E-state index < -0.39 is 17.5 Å². The zero-order valence-electron chi connectivity index (χ0n) is 11.1. The Hall–Kier alpha value is -2.13. The van der Waals surface area contributed by atoms with Crippen LogP contribution in [0.25, 0.3) is 0 Å². The van der Waals surface area contributed by atoms with E-state index in [0.29, 0.717) is 31.8 Å². The summed E-state index contributed by atoms with van der Waals surface area (Å²) >= 11 is 0. The molecule has 2 N–H and O–H groups in total. The number of rotatable bonds is 7. The molecule has 114 valence electrons. The number of hydrogen-bond acceptors (Lipinski definition) is 6. The van der Waals surface area contributed by atoms with E-state index in [4.69, 9.17) is 9.15 Å². The first kappa shape index (κ1) is 15.3. The standard InChI is InChI=1S/C12H13F3N4O2/c1-20-3-2-16-6-11-18-19-12(21-11)17-10-5-8(14)7(13)4-9(10)15/h4-5,16H,2-3,6H2,1H3,(H,17,19). The predicted molar refractivity (Wildman–Crippen MR) is 67.5 cm³/mol. The van der Waals surface area contributed by atoms with Crippen molar-refractivity contribution in [3.8, 4) is 0 Å². The molecule has 0 aliphatic carbocycles. The van der Waals surface area contributed by atoms with Gasteiger partial charge in [0.2, 0.25) is 5.89 Å². The monoisotopic (exact) mass is 302 g/mol. The Morgan fingerprint density at radius 3 is 2.67 bits per heavy atom. The number of halogens is 3. The fourth-order valence-electron chi connectivity index (χ4n) is 1.48. The van der Waals surface area contributed by atoms with Gasteiger partial charge in [-0.25, -0.2) is 13.2 Å². The number of aromatic nitrogens is 2. The highest BCUT2D eigenvalue weighted by Gasteiger charge is 2.12. The Balaban J connectivity index is 1.97. The molecule has 0 saturated carbocycles. The Kier molecular flexibility index (Phi) is 5.12. The molecule has 1 heterocycles. The lowest BCUT2D eigenvalue weighted by Crippen LogP contribution is -2.18. The van der Waals surface area contributed by atoms with Crippen LogP contribution in [0.3, 0.4) is 0 Å². The summed E-state index contributed by atoms with van der Waals surface area (Å²) in [5.41, 5.74) is -0.295. The Morgan fingerprint density at radius 1 is 1.14 bits per heavy atom. The van der Waals surface area contributed by atoms with Crippen LogP contribution in [0.15, 0.2) is 16.5 Å². The molecule has 0 saturated heterocycles. The molecule has 2 rings (SSSR count). The molecular formula is C12H13F3N4O2. The molecule has 9 heteroatoms. The van der Waals surface area contributed by atoms with E-state index in [-0.39, 0.29) is 17.6 Å². The quantitative estimate of drug-likeness (QED) is 0.602. The molecule has 1 aromatic heterocycles. The fourth-order valence-corrected chi connectivity index (χ4v) is 1.48. The average molecular weight is 302 g/mol.